The molecular formula is C10H13ClN4S. The van der Waals surface area contributed by atoms with Gasteiger partial charge in [-0.25, -0.2) is 4.68 Å². The van der Waals surface area contributed by atoms with Crippen LogP contribution in [0.3, 0.4) is 0 Å². The third kappa shape index (κ3) is 1.85. The summed E-state index contributed by atoms with van der Waals surface area (Å²) in [6, 6.07) is 0. The molecule has 0 aliphatic heterocycles. The molecule has 2 aromatic rings. The fraction of sp³-hybridized carbons (Fsp3) is 0.500. The van der Waals surface area contributed by atoms with Gasteiger partial charge in [0.15, 0.2) is 0 Å². The standard InChI is InChI=1S/C10H13ClN4S/c1-5(11)9-6(2)14-15(7(9)3)10-13-12-8(4)16-10/h5H,1-4H3. The first-order valence-electron chi connectivity index (χ1n) is 5.01. The lowest BCUT2D eigenvalue weighted by Crippen LogP contribution is -1.99. The fourth-order valence-electron chi connectivity index (χ4n) is 1.79. The molecule has 0 amide bonds. The van der Waals surface area contributed by atoms with E-state index in [0.717, 1.165) is 27.1 Å². The first-order chi connectivity index (χ1) is 7.50. The Morgan fingerprint density at radius 1 is 1.25 bits per heavy atom. The van der Waals surface area contributed by atoms with Crippen LogP contribution in [0, 0.1) is 20.8 Å². The number of halogens is 1. The molecule has 2 heterocycles. The first kappa shape index (κ1) is 11.5. The van der Waals surface area contributed by atoms with Crippen molar-refractivity contribution in [2.45, 2.75) is 33.1 Å². The summed E-state index contributed by atoms with van der Waals surface area (Å²) in [4.78, 5) is 0. The maximum Gasteiger partial charge on any atom is 0.233 e. The minimum absolute atomic E-state index is 0.0391. The van der Waals surface area contributed by atoms with Gasteiger partial charge in [-0.05, 0) is 27.7 Å². The Bertz CT molecular complexity index is 515. The predicted octanol–water partition coefficient (Wildman–Crippen LogP) is 2.95. The van der Waals surface area contributed by atoms with Crippen LogP contribution in [-0.2, 0) is 0 Å². The normalized spacial score (nSPS) is 13.1. The lowest BCUT2D eigenvalue weighted by molar-refractivity contribution is 0.805. The molecule has 1 unspecified atom stereocenters. The molecule has 0 spiro atoms. The summed E-state index contributed by atoms with van der Waals surface area (Å²) in [6.45, 7) is 7.85. The quantitative estimate of drug-likeness (QED) is 0.776. The number of alkyl halides is 1. The minimum atomic E-state index is -0.0391. The molecule has 0 saturated heterocycles. The monoisotopic (exact) mass is 256 g/mol. The molecule has 16 heavy (non-hydrogen) atoms. The van der Waals surface area contributed by atoms with Crippen molar-refractivity contribution in [2.75, 3.05) is 0 Å². The van der Waals surface area contributed by atoms with Gasteiger partial charge in [-0.1, -0.05) is 11.3 Å². The van der Waals surface area contributed by atoms with Gasteiger partial charge in [0.1, 0.15) is 5.01 Å². The van der Waals surface area contributed by atoms with E-state index in [4.69, 9.17) is 11.6 Å². The number of hydrogen-bond donors (Lipinski definition) is 0. The van der Waals surface area contributed by atoms with Crippen molar-refractivity contribution in [3.63, 3.8) is 0 Å². The largest absolute Gasteiger partial charge is 0.233 e. The lowest BCUT2D eigenvalue weighted by Gasteiger charge is -2.03. The highest BCUT2D eigenvalue weighted by molar-refractivity contribution is 7.13. The molecule has 0 bridgehead atoms. The SMILES string of the molecule is Cc1nnc(-n2nc(C)c(C(C)Cl)c2C)s1. The number of hydrogen-bond acceptors (Lipinski definition) is 4. The van der Waals surface area contributed by atoms with E-state index >= 15 is 0 Å². The molecule has 0 aromatic carbocycles. The van der Waals surface area contributed by atoms with Gasteiger partial charge in [0.25, 0.3) is 0 Å². The van der Waals surface area contributed by atoms with E-state index in [2.05, 4.69) is 15.3 Å². The van der Waals surface area contributed by atoms with Crippen LogP contribution in [-0.4, -0.2) is 20.0 Å². The second-order valence-electron chi connectivity index (χ2n) is 3.72. The Morgan fingerprint density at radius 2 is 1.94 bits per heavy atom. The average Bonchev–Trinajstić information content (AvgIpc) is 2.70. The summed E-state index contributed by atoms with van der Waals surface area (Å²) in [7, 11) is 0. The highest BCUT2D eigenvalue weighted by Crippen LogP contribution is 2.28. The summed E-state index contributed by atoms with van der Waals surface area (Å²) in [5.41, 5.74) is 3.07. The fourth-order valence-corrected chi connectivity index (χ4v) is 2.80. The van der Waals surface area contributed by atoms with Crippen molar-refractivity contribution >= 4 is 22.9 Å². The Kier molecular flexibility index (Phi) is 2.99. The molecule has 6 heteroatoms. The maximum absolute atomic E-state index is 6.13. The van der Waals surface area contributed by atoms with Crippen molar-refractivity contribution in [3.8, 4) is 5.13 Å². The minimum Gasteiger partial charge on any atom is -0.209 e. The van der Waals surface area contributed by atoms with Gasteiger partial charge in [-0.2, -0.15) is 5.10 Å². The second-order valence-corrected chi connectivity index (χ2v) is 5.53. The summed E-state index contributed by atoms with van der Waals surface area (Å²) in [5, 5.41) is 14.2. The van der Waals surface area contributed by atoms with Crippen LogP contribution >= 0.6 is 22.9 Å². The molecule has 0 aliphatic rings. The summed E-state index contributed by atoms with van der Waals surface area (Å²) in [6.07, 6.45) is 0. The Labute approximate surface area is 103 Å². The number of aryl methyl sites for hydroxylation is 2. The van der Waals surface area contributed by atoms with Crippen molar-refractivity contribution in [1.82, 2.24) is 20.0 Å². The van der Waals surface area contributed by atoms with E-state index in [0.29, 0.717) is 0 Å². The molecule has 1 atom stereocenters. The van der Waals surface area contributed by atoms with Gasteiger partial charge in [0.2, 0.25) is 5.13 Å². The average molecular weight is 257 g/mol. The van der Waals surface area contributed by atoms with E-state index in [1.807, 2.05) is 32.4 Å². The molecular weight excluding hydrogens is 244 g/mol. The summed E-state index contributed by atoms with van der Waals surface area (Å²) in [5.74, 6) is 0. The molecule has 86 valence electrons. The number of aromatic nitrogens is 4. The Balaban J connectivity index is 2.55. The van der Waals surface area contributed by atoms with Crippen molar-refractivity contribution < 1.29 is 0 Å². The molecule has 0 fully saturated rings. The molecule has 0 aliphatic carbocycles. The van der Waals surface area contributed by atoms with Crippen LogP contribution < -0.4 is 0 Å². The summed E-state index contributed by atoms with van der Waals surface area (Å²) >= 11 is 7.66. The van der Waals surface area contributed by atoms with E-state index in [9.17, 15) is 0 Å². The van der Waals surface area contributed by atoms with Crippen LogP contribution in [0.25, 0.3) is 5.13 Å². The third-order valence-corrected chi connectivity index (χ3v) is 3.47. The molecule has 4 nitrogen and oxygen atoms in total. The zero-order valence-electron chi connectivity index (χ0n) is 9.65. The van der Waals surface area contributed by atoms with Crippen molar-refractivity contribution in [1.29, 1.82) is 0 Å². The van der Waals surface area contributed by atoms with E-state index in [-0.39, 0.29) is 5.38 Å². The van der Waals surface area contributed by atoms with Crippen LogP contribution in [0.5, 0.6) is 0 Å². The maximum atomic E-state index is 6.13. The third-order valence-electron chi connectivity index (χ3n) is 2.44. The van der Waals surface area contributed by atoms with E-state index in [1.165, 1.54) is 11.3 Å². The smallest absolute Gasteiger partial charge is 0.209 e. The van der Waals surface area contributed by atoms with Gasteiger partial charge >= 0.3 is 0 Å². The van der Waals surface area contributed by atoms with E-state index in [1.54, 1.807) is 0 Å². The van der Waals surface area contributed by atoms with Gasteiger partial charge in [-0.3, -0.25) is 0 Å². The van der Waals surface area contributed by atoms with Crippen LogP contribution in [0.4, 0.5) is 0 Å². The second kappa shape index (κ2) is 4.14. The van der Waals surface area contributed by atoms with Gasteiger partial charge < -0.3 is 0 Å². The van der Waals surface area contributed by atoms with Crippen LogP contribution in [0.15, 0.2) is 0 Å². The van der Waals surface area contributed by atoms with Crippen LogP contribution in [0.1, 0.15) is 34.3 Å². The van der Waals surface area contributed by atoms with Crippen molar-refractivity contribution in [3.05, 3.63) is 22.0 Å². The van der Waals surface area contributed by atoms with Gasteiger partial charge in [0, 0.05) is 11.3 Å². The first-order valence-corrected chi connectivity index (χ1v) is 6.26. The van der Waals surface area contributed by atoms with Gasteiger partial charge in [-0.15, -0.1) is 21.8 Å². The zero-order valence-corrected chi connectivity index (χ0v) is 11.2. The number of rotatable bonds is 2. The Hall–Kier alpha value is -0.940. The molecule has 0 radical (unpaired) electrons. The van der Waals surface area contributed by atoms with Gasteiger partial charge in [0.05, 0.1) is 11.1 Å². The topological polar surface area (TPSA) is 43.6 Å². The van der Waals surface area contributed by atoms with Crippen LogP contribution in [0.2, 0.25) is 0 Å². The molecule has 2 rings (SSSR count). The highest BCUT2D eigenvalue weighted by Gasteiger charge is 2.18. The lowest BCUT2D eigenvalue weighted by atomic mass is 10.1. The van der Waals surface area contributed by atoms with E-state index < -0.39 is 0 Å². The molecule has 0 N–H and O–H groups in total. The molecule has 2 aromatic heterocycles. The zero-order chi connectivity index (χ0) is 11.9. The van der Waals surface area contributed by atoms with Crippen molar-refractivity contribution in [2.24, 2.45) is 0 Å². The predicted molar refractivity (Wildman–Crippen MR) is 65.5 cm³/mol. The Morgan fingerprint density at radius 3 is 2.38 bits per heavy atom. The summed E-state index contributed by atoms with van der Waals surface area (Å²) < 4.78 is 1.81. The number of nitrogens with zero attached hydrogens (tertiary/aromatic N) is 4. The highest BCUT2D eigenvalue weighted by atomic mass is 35.5. The molecule has 0 saturated carbocycles.